The summed E-state index contributed by atoms with van der Waals surface area (Å²) in [5, 5.41) is 0. The Labute approximate surface area is 149 Å². The number of fused-ring (bicyclic) bond motifs is 2. The van der Waals surface area contributed by atoms with Gasteiger partial charge in [-0.2, -0.15) is 0 Å². The molecule has 5 rings (SSSR count). The van der Waals surface area contributed by atoms with Crippen molar-refractivity contribution in [3.8, 4) is 0 Å². The van der Waals surface area contributed by atoms with Crippen molar-refractivity contribution in [2.75, 3.05) is 13.1 Å². The second-order valence-corrected chi connectivity index (χ2v) is 6.72. The number of imidazole rings is 1. The van der Waals surface area contributed by atoms with Crippen LogP contribution in [0.15, 0.2) is 53.2 Å². The van der Waals surface area contributed by atoms with Gasteiger partial charge in [0, 0.05) is 24.6 Å². The highest BCUT2D eigenvalue weighted by Crippen LogP contribution is 2.30. The Balaban J connectivity index is 1.30. The second kappa shape index (κ2) is 5.98. The van der Waals surface area contributed by atoms with Gasteiger partial charge in [-0.15, -0.1) is 0 Å². The van der Waals surface area contributed by atoms with Crippen molar-refractivity contribution in [3.05, 3.63) is 60.2 Å². The highest BCUT2D eigenvalue weighted by Gasteiger charge is 2.27. The maximum absolute atomic E-state index is 12.8. The molecule has 0 bridgehead atoms. The summed E-state index contributed by atoms with van der Waals surface area (Å²) in [6.07, 6.45) is 3.38. The molecular weight excluding hydrogens is 328 g/mol. The summed E-state index contributed by atoms with van der Waals surface area (Å²) in [5.41, 5.74) is 4.18. The van der Waals surface area contributed by atoms with Crippen LogP contribution >= 0.6 is 0 Å². The minimum Gasteiger partial charge on any atom is -0.440 e. The number of hydrogen-bond donors (Lipinski definition) is 1. The Hall–Kier alpha value is -3.15. The lowest BCUT2D eigenvalue weighted by molar-refractivity contribution is 0.0707. The molecule has 0 spiro atoms. The molecule has 6 heteroatoms. The van der Waals surface area contributed by atoms with Crippen LogP contribution in [0.1, 0.15) is 35.0 Å². The topological polar surface area (TPSA) is 75.0 Å². The van der Waals surface area contributed by atoms with Gasteiger partial charge in [-0.25, -0.2) is 9.97 Å². The van der Waals surface area contributed by atoms with Gasteiger partial charge in [-0.3, -0.25) is 4.79 Å². The number of H-pyrrole nitrogens is 1. The monoisotopic (exact) mass is 346 g/mol. The number of carbonyl (C=O) groups excluding carboxylic acids is 1. The van der Waals surface area contributed by atoms with Crippen LogP contribution in [-0.4, -0.2) is 38.8 Å². The molecule has 1 saturated heterocycles. The average molecular weight is 346 g/mol. The zero-order chi connectivity index (χ0) is 17.5. The van der Waals surface area contributed by atoms with Crippen molar-refractivity contribution < 1.29 is 9.21 Å². The molecule has 3 heterocycles. The second-order valence-electron chi connectivity index (χ2n) is 6.72. The molecule has 1 aliphatic rings. The van der Waals surface area contributed by atoms with Crippen LogP contribution in [0.4, 0.5) is 0 Å². The van der Waals surface area contributed by atoms with Gasteiger partial charge in [0.1, 0.15) is 5.52 Å². The molecule has 1 amide bonds. The number of nitrogens with one attached hydrogen (secondary N) is 1. The first-order chi connectivity index (χ1) is 12.8. The van der Waals surface area contributed by atoms with E-state index in [0.29, 0.717) is 18.7 Å². The smallest absolute Gasteiger partial charge is 0.253 e. The van der Waals surface area contributed by atoms with E-state index in [1.165, 1.54) is 0 Å². The normalized spacial score (nSPS) is 15.8. The number of likely N-dealkylation sites (tertiary alicyclic amines) is 1. The summed E-state index contributed by atoms with van der Waals surface area (Å²) in [7, 11) is 0. The number of carbonyl (C=O) groups is 1. The van der Waals surface area contributed by atoms with E-state index < -0.39 is 0 Å². The Kier molecular flexibility index (Phi) is 3.48. The van der Waals surface area contributed by atoms with E-state index in [1.54, 1.807) is 6.33 Å². The minimum absolute atomic E-state index is 0.0671. The fraction of sp³-hybridized carbons (Fsp3) is 0.250. The molecule has 1 N–H and O–H groups in total. The zero-order valence-electron chi connectivity index (χ0n) is 14.2. The summed E-state index contributed by atoms with van der Waals surface area (Å²) in [4.78, 5) is 26.6. The molecule has 0 unspecified atom stereocenters. The van der Waals surface area contributed by atoms with Gasteiger partial charge >= 0.3 is 0 Å². The van der Waals surface area contributed by atoms with E-state index in [2.05, 4.69) is 15.0 Å². The molecule has 0 saturated carbocycles. The van der Waals surface area contributed by atoms with Crippen LogP contribution in [0.2, 0.25) is 0 Å². The molecule has 0 aliphatic carbocycles. The molecule has 130 valence electrons. The van der Waals surface area contributed by atoms with Crippen molar-refractivity contribution in [3.63, 3.8) is 0 Å². The number of rotatable bonds is 2. The van der Waals surface area contributed by atoms with Gasteiger partial charge in [0.05, 0.1) is 17.4 Å². The molecule has 0 atom stereocenters. The molecule has 0 radical (unpaired) electrons. The Morgan fingerprint density at radius 3 is 2.81 bits per heavy atom. The molecule has 1 aliphatic heterocycles. The van der Waals surface area contributed by atoms with E-state index in [0.717, 1.165) is 40.9 Å². The van der Waals surface area contributed by atoms with Gasteiger partial charge < -0.3 is 14.3 Å². The predicted molar refractivity (Wildman–Crippen MR) is 98.0 cm³/mol. The highest BCUT2D eigenvalue weighted by atomic mass is 16.3. The quantitative estimate of drug-likeness (QED) is 0.600. The Morgan fingerprint density at radius 1 is 1.12 bits per heavy atom. The van der Waals surface area contributed by atoms with Crippen LogP contribution < -0.4 is 0 Å². The minimum atomic E-state index is 0.0671. The van der Waals surface area contributed by atoms with Crippen molar-refractivity contribution >= 4 is 28.0 Å². The number of amides is 1. The van der Waals surface area contributed by atoms with Crippen LogP contribution in [0.5, 0.6) is 0 Å². The Morgan fingerprint density at radius 2 is 1.96 bits per heavy atom. The number of piperidine rings is 1. The third-order valence-corrected chi connectivity index (χ3v) is 5.11. The predicted octanol–water partition coefficient (Wildman–Crippen LogP) is 3.72. The van der Waals surface area contributed by atoms with Crippen molar-refractivity contribution in [1.82, 2.24) is 19.9 Å². The SMILES string of the molecule is O=C(c1ccc2nc[nH]c2c1)N1CCC(c2nc3ccccc3o2)CC1. The van der Waals surface area contributed by atoms with E-state index in [-0.39, 0.29) is 11.8 Å². The lowest BCUT2D eigenvalue weighted by atomic mass is 9.96. The number of nitrogens with zero attached hydrogens (tertiary/aromatic N) is 3. The van der Waals surface area contributed by atoms with E-state index in [9.17, 15) is 4.79 Å². The van der Waals surface area contributed by atoms with Crippen LogP contribution in [0.25, 0.3) is 22.1 Å². The highest BCUT2D eigenvalue weighted by molar-refractivity contribution is 5.97. The van der Waals surface area contributed by atoms with Crippen LogP contribution in [-0.2, 0) is 0 Å². The van der Waals surface area contributed by atoms with Gasteiger partial charge in [-0.05, 0) is 43.2 Å². The van der Waals surface area contributed by atoms with Crippen molar-refractivity contribution in [2.45, 2.75) is 18.8 Å². The summed E-state index contributed by atoms with van der Waals surface area (Å²) in [6.45, 7) is 1.42. The van der Waals surface area contributed by atoms with Gasteiger partial charge in [0.15, 0.2) is 11.5 Å². The summed E-state index contributed by atoms with van der Waals surface area (Å²) in [5.74, 6) is 1.12. The fourth-order valence-corrected chi connectivity index (χ4v) is 3.65. The third-order valence-electron chi connectivity index (χ3n) is 5.11. The van der Waals surface area contributed by atoms with Crippen LogP contribution in [0.3, 0.4) is 0 Å². The molecule has 26 heavy (non-hydrogen) atoms. The number of aromatic amines is 1. The molecular formula is C20H18N4O2. The lowest BCUT2D eigenvalue weighted by Crippen LogP contribution is -2.38. The number of para-hydroxylation sites is 2. The molecule has 2 aromatic carbocycles. The number of oxazole rings is 1. The van der Waals surface area contributed by atoms with Gasteiger partial charge in [0.25, 0.3) is 5.91 Å². The van der Waals surface area contributed by atoms with Gasteiger partial charge in [-0.1, -0.05) is 12.1 Å². The lowest BCUT2D eigenvalue weighted by Gasteiger charge is -2.30. The number of aromatic nitrogens is 3. The van der Waals surface area contributed by atoms with E-state index in [4.69, 9.17) is 4.42 Å². The maximum atomic E-state index is 12.8. The molecule has 4 aromatic rings. The maximum Gasteiger partial charge on any atom is 0.253 e. The van der Waals surface area contributed by atoms with Crippen molar-refractivity contribution in [1.29, 1.82) is 0 Å². The first-order valence-corrected chi connectivity index (χ1v) is 8.86. The van der Waals surface area contributed by atoms with Crippen molar-refractivity contribution in [2.24, 2.45) is 0 Å². The van der Waals surface area contributed by atoms with E-state index in [1.807, 2.05) is 47.4 Å². The Bertz CT molecular complexity index is 1060. The molecule has 1 fully saturated rings. The first kappa shape index (κ1) is 15.1. The summed E-state index contributed by atoms with van der Waals surface area (Å²) < 4.78 is 5.90. The largest absolute Gasteiger partial charge is 0.440 e. The third kappa shape index (κ3) is 2.54. The molecule has 2 aromatic heterocycles. The van der Waals surface area contributed by atoms with E-state index >= 15 is 0 Å². The zero-order valence-corrected chi connectivity index (χ0v) is 14.2. The number of hydrogen-bond acceptors (Lipinski definition) is 4. The summed E-state index contributed by atoms with van der Waals surface area (Å²) >= 11 is 0. The molecule has 6 nitrogen and oxygen atoms in total. The number of benzene rings is 2. The van der Waals surface area contributed by atoms with Crippen LogP contribution in [0, 0.1) is 0 Å². The summed E-state index contributed by atoms with van der Waals surface area (Å²) in [6, 6.07) is 13.4. The van der Waals surface area contributed by atoms with Gasteiger partial charge in [0.2, 0.25) is 0 Å². The average Bonchev–Trinajstić information content (AvgIpc) is 3.33. The fourth-order valence-electron chi connectivity index (χ4n) is 3.65. The standard InChI is InChI=1S/C20H18N4O2/c25-20(14-5-6-15-17(11-14)22-12-21-15)24-9-7-13(8-10-24)19-23-16-3-1-2-4-18(16)26-19/h1-6,11-13H,7-10H2,(H,21,22). The first-order valence-electron chi connectivity index (χ1n) is 8.86.